The van der Waals surface area contributed by atoms with Crippen LogP contribution in [0.4, 0.5) is 5.69 Å². The van der Waals surface area contributed by atoms with Gasteiger partial charge >= 0.3 is 0 Å². The standard InChI is InChI=1S/C18H19N5O2/c1-3-13(2)25-17-9-14(7-8-19-17)18(24)22-15-5-4-6-16(10-15)23-11-20-21-12-23/h4-13H,3H2,1-2H3,(H,22,24)/t13-/m0/s1. The van der Waals surface area contributed by atoms with Crippen LogP contribution in [0, 0.1) is 0 Å². The first kappa shape index (κ1) is 16.6. The van der Waals surface area contributed by atoms with Gasteiger partial charge in [0, 0.05) is 23.5 Å². The Bertz CT molecular complexity index is 848. The van der Waals surface area contributed by atoms with Gasteiger partial charge in [0.25, 0.3) is 5.91 Å². The molecule has 0 bridgehead atoms. The van der Waals surface area contributed by atoms with Crippen molar-refractivity contribution in [2.45, 2.75) is 26.4 Å². The second kappa shape index (κ2) is 7.57. The van der Waals surface area contributed by atoms with Crippen molar-refractivity contribution in [3.63, 3.8) is 0 Å². The molecule has 1 N–H and O–H groups in total. The van der Waals surface area contributed by atoms with Crippen molar-refractivity contribution in [3.8, 4) is 11.6 Å². The van der Waals surface area contributed by atoms with Gasteiger partial charge in [0.1, 0.15) is 12.7 Å². The van der Waals surface area contributed by atoms with Gasteiger partial charge in [-0.05, 0) is 37.6 Å². The van der Waals surface area contributed by atoms with E-state index in [2.05, 4.69) is 20.5 Å². The van der Waals surface area contributed by atoms with Crippen molar-refractivity contribution < 1.29 is 9.53 Å². The Labute approximate surface area is 145 Å². The minimum Gasteiger partial charge on any atom is -0.475 e. The highest BCUT2D eigenvalue weighted by Crippen LogP contribution is 2.17. The lowest BCUT2D eigenvalue weighted by Gasteiger charge is -2.12. The van der Waals surface area contributed by atoms with Crippen LogP contribution < -0.4 is 10.1 Å². The molecule has 0 saturated carbocycles. The third kappa shape index (κ3) is 4.20. The lowest BCUT2D eigenvalue weighted by atomic mass is 10.2. The lowest BCUT2D eigenvalue weighted by molar-refractivity contribution is 0.102. The van der Waals surface area contributed by atoms with Crippen molar-refractivity contribution in [1.29, 1.82) is 0 Å². The first-order valence-corrected chi connectivity index (χ1v) is 8.05. The molecule has 0 fully saturated rings. The van der Waals surface area contributed by atoms with E-state index in [4.69, 9.17) is 4.74 Å². The summed E-state index contributed by atoms with van der Waals surface area (Å²) < 4.78 is 7.43. The number of amides is 1. The molecule has 25 heavy (non-hydrogen) atoms. The molecule has 1 aromatic carbocycles. The number of carbonyl (C=O) groups is 1. The molecular formula is C18H19N5O2. The van der Waals surface area contributed by atoms with Gasteiger partial charge in [-0.15, -0.1) is 10.2 Å². The number of hydrogen-bond donors (Lipinski definition) is 1. The molecule has 3 rings (SSSR count). The Kier molecular flexibility index (Phi) is 5.03. The van der Waals surface area contributed by atoms with Crippen molar-refractivity contribution in [1.82, 2.24) is 19.7 Å². The van der Waals surface area contributed by atoms with Gasteiger partial charge in [-0.2, -0.15) is 0 Å². The van der Waals surface area contributed by atoms with E-state index in [1.807, 2.05) is 38.1 Å². The number of aromatic nitrogens is 4. The number of nitrogens with zero attached hydrogens (tertiary/aromatic N) is 4. The maximum atomic E-state index is 12.5. The number of pyridine rings is 1. The van der Waals surface area contributed by atoms with Gasteiger partial charge in [-0.3, -0.25) is 9.36 Å². The highest BCUT2D eigenvalue weighted by Gasteiger charge is 2.10. The molecule has 0 aliphatic rings. The third-order valence-corrected chi connectivity index (χ3v) is 3.71. The molecule has 0 aliphatic heterocycles. The smallest absolute Gasteiger partial charge is 0.255 e. The quantitative estimate of drug-likeness (QED) is 0.747. The molecule has 2 heterocycles. The van der Waals surface area contributed by atoms with Crippen LogP contribution in [0.3, 0.4) is 0 Å². The topological polar surface area (TPSA) is 81.9 Å². The minimum absolute atomic E-state index is 0.0475. The lowest BCUT2D eigenvalue weighted by Crippen LogP contribution is -2.14. The van der Waals surface area contributed by atoms with E-state index in [9.17, 15) is 4.79 Å². The van der Waals surface area contributed by atoms with Crippen LogP contribution in [0.2, 0.25) is 0 Å². The van der Waals surface area contributed by atoms with Gasteiger partial charge in [0.15, 0.2) is 0 Å². The number of ether oxygens (including phenoxy) is 1. The van der Waals surface area contributed by atoms with Crippen molar-refractivity contribution in [3.05, 3.63) is 60.8 Å². The summed E-state index contributed by atoms with van der Waals surface area (Å²) in [7, 11) is 0. The Hall–Kier alpha value is -3.22. The van der Waals surface area contributed by atoms with E-state index in [1.54, 1.807) is 35.6 Å². The third-order valence-electron chi connectivity index (χ3n) is 3.71. The Balaban J connectivity index is 1.74. The molecule has 7 nitrogen and oxygen atoms in total. The van der Waals surface area contributed by atoms with Crippen LogP contribution in [0.25, 0.3) is 5.69 Å². The Morgan fingerprint density at radius 3 is 2.80 bits per heavy atom. The van der Waals surface area contributed by atoms with Gasteiger partial charge in [0.05, 0.1) is 11.8 Å². The summed E-state index contributed by atoms with van der Waals surface area (Å²) >= 11 is 0. The molecule has 0 saturated heterocycles. The highest BCUT2D eigenvalue weighted by molar-refractivity contribution is 6.04. The number of rotatable bonds is 6. The largest absolute Gasteiger partial charge is 0.475 e. The molecule has 1 atom stereocenters. The molecule has 0 unspecified atom stereocenters. The zero-order chi connectivity index (χ0) is 17.6. The second-order valence-electron chi connectivity index (χ2n) is 5.59. The fourth-order valence-corrected chi connectivity index (χ4v) is 2.19. The van der Waals surface area contributed by atoms with Crippen LogP contribution in [-0.2, 0) is 0 Å². The van der Waals surface area contributed by atoms with Crippen LogP contribution >= 0.6 is 0 Å². The zero-order valence-corrected chi connectivity index (χ0v) is 14.1. The summed E-state index contributed by atoms with van der Waals surface area (Å²) in [4.78, 5) is 16.6. The summed E-state index contributed by atoms with van der Waals surface area (Å²) in [5, 5.41) is 10.4. The molecular weight excluding hydrogens is 318 g/mol. The van der Waals surface area contributed by atoms with Crippen LogP contribution in [0.1, 0.15) is 30.6 Å². The average molecular weight is 337 g/mol. The number of nitrogens with one attached hydrogen (secondary N) is 1. The molecule has 2 aromatic heterocycles. The zero-order valence-electron chi connectivity index (χ0n) is 14.1. The van der Waals surface area contributed by atoms with Crippen LogP contribution in [0.5, 0.6) is 5.88 Å². The number of anilines is 1. The summed E-state index contributed by atoms with van der Waals surface area (Å²) in [5.74, 6) is 0.220. The van der Waals surface area contributed by atoms with E-state index in [-0.39, 0.29) is 12.0 Å². The van der Waals surface area contributed by atoms with E-state index in [0.29, 0.717) is 17.1 Å². The van der Waals surface area contributed by atoms with Gasteiger partial charge in [-0.1, -0.05) is 13.0 Å². The van der Waals surface area contributed by atoms with Crippen LogP contribution in [-0.4, -0.2) is 31.8 Å². The maximum absolute atomic E-state index is 12.5. The van der Waals surface area contributed by atoms with Gasteiger partial charge in [0.2, 0.25) is 5.88 Å². The molecule has 0 radical (unpaired) electrons. The molecule has 3 aromatic rings. The Morgan fingerprint density at radius 2 is 2.04 bits per heavy atom. The summed E-state index contributed by atoms with van der Waals surface area (Å²) in [6.45, 7) is 3.99. The number of carbonyl (C=O) groups excluding carboxylic acids is 1. The predicted octanol–water partition coefficient (Wildman–Crippen LogP) is 3.09. The maximum Gasteiger partial charge on any atom is 0.255 e. The molecule has 7 heteroatoms. The van der Waals surface area contributed by atoms with Crippen molar-refractivity contribution >= 4 is 11.6 Å². The van der Waals surface area contributed by atoms with Crippen LogP contribution in [0.15, 0.2) is 55.2 Å². The van der Waals surface area contributed by atoms with E-state index < -0.39 is 0 Å². The molecule has 0 spiro atoms. The van der Waals surface area contributed by atoms with Crippen molar-refractivity contribution in [2.75, 3.05) is 5.32 Å². The molecule has 1 amide bonds. The van der Waals surface area contributed by atoms with Crippen molar-refractivity contribution in [2.24, 2.45) is 0 Å². The summed E-state index contributed by atoms with van der Waals surface area (Å²) in [6.07, 6.45) is 5.69. The highest BCUT2D eigenvalue weighted by atomic mass is 16.5. The van der Waals surface area contributed by atoms with E-state index >= 15 is 0 Å². The van der Waals surface area contributed by atoms with E-state index in [1.165, 1.54) is 0 Å². The Morgan fingerprint density at radius 1 is 1.24 bits per heavy atom. The number of benzene rings is 1. The summed E-state index contributed by atoms with van der Waals surface area (Å²) in [5.41, 5.74) is 2.03. The normalized spacial score (nSPS) is 11.8. The first-order valence-electron chi connectivity index (χ1n) is 8.05. The molecule has 0 aliphatic carbocycles. The minimum atomic E-state index is -0.225. The second-order valence-corrected chi connectivity index (χ2v) is 5.59. The fraction of sp³-hybridized carbons (Fsp3) is 0.222. The average Bonchev–Trinajstić information content (AvgIpc) is 3.17. The summed E-state index contributed by atoms with van der Waals surface area (Å²) in [6, 6.07) is 10.7. The fourth-order valence-electron chi connectivity index (χ4n) is 2.19. The molecule has 128 valence electrons. The van der Waals surface area contributed by atoms with Gasteiger partial charge in [-0.25, -0.2) is 4.98 Å². The first-order chi connectivity index (χ1) is 12.2. The van der Waals surface area contributed by atoms with E-state index in [0.717, 1.165) is 12.1 Å². The SMILES string of the molecule is CC[C@H](C)Oc1cc(C(=O)Nc2cccc(-n3cnnc3)c2)ccn1. The van der Waals surface area contributed by atoms with Gasteiger partial charge < -0.3 is 10.1 Å². The predicted molar refractivity (Wildman–Crippen MR) is 93.9 cm³/mol. The number of hydrogen-bond acceptors (Lipinski definition) is 5. The monoisotopic (exact) mass is 337 g/mol.